The van der Waals surface area contributed by atoms with Gasteiger partial charge in [0.1, 0.15) is 25.3 Å². The standard InChI is InChI=1S/C32H36F6O5/c1-6-29(7-2,25-13-14-27(22(4)18-25)41-19-26-9-8-10-28(39)43-26)24-12-11-23(21(3)17-24)15-16-30(31(33,34)35,32(36,37)38)42-20-40-5/h11-14,17-18,26H,6-10,19-20H2,1-5H3. The third-order valence-electron chi connectivity index (χ3n) is 7.91. The second-order valence-electron chi connectivity index (χ2n) is 10.6. The zero-order valence-corrected chi connectivity index (χ0v) is 24.8. The lowest BCUT2D eigenvalue weighted by Crippen LogP contribution is -2.58. The molecule has 1 fully saturated rings. The van der Waals surface area contributed by atoms with E-state index in [9.17, 15) is 31.1 Å². The molecule has 1 unspecified atom stereocenters. The van der Waals surface area contributed by atoms with Crippen LogP contribution in [-0.2, 0) is 24.4 Å². The number of alkyl halides is 6. The van der Waals surface area contributed by atoms with Crippen molar-refractivity contribution in [2.24, 2.45) is 0 Å². The minimum atomic E-state index is -5.86. The van der Waals surface area contributed by atoms with E-state index >= 15 is 0 Å². The molecule has 43 heavy (non-hydrogen) atoms. The van der Waals surface area contributed by atoms with Crippen LogP contribution in [0.4, 0.5) is 26.3 Å². The maximum Gasteiger partial charge on any atom is 0.438 e. The van der Waals surface area contributed by atoms with Crippen molar-refractivity contribution in [2.75, 3.05) is 20.5 Å². The lowest BCUT2D eigenvalue weighted by molar-refractivity contribution is -0.368. The van der Waals surface area contributed by atoms with E-state index in [2.05, 4.69) is 15.4 Å². The second-order valence-corrected chi connectivity index (χ2v) is 10.6. The van der Waals surface area contributed by atoms with Gasteiger partial charge in [0, 0.05) is 24.5 Å². The molecule has 0 bridgehead atoms. The normalized spacial score (nSPS) is 16.3. The smallest absolute Gasteiger partial charge is 0.438 e. The lowest BCUT2D eigenvalue weighted by atomic mass is 9.70. The molecule has 0 aromatic heterocycles. The molecular weight excluding hydrogens is 578 g/mol. The van der Waals surface area contributed by atoms with Crippen LogP contribution in [0.25, 0.3) is 0 Å². The number of methoxy groups -OCH3 is 1. The highest BCUT2D eigenvalue weighted by Gasteiger charge is 2.72. The van der Waals surface area contributed by atoms with Crippen molar-refractivity contribution >= 4 is 5.97 Å². The van der Waals surface area contributed by atoms with Crippen LogP contribution in [0.2, 0.25) is 0 Å². The Hall–Kier alpha value is -3.23. The molecule has 1 heterocycles. The molecule has 0 aliphatic carbocycles. The van der Waals surface area contributed by atoms with Crippen molar-refractivity contribution in [3.8, 4) is 17.6 Å². The van der Waals surface area contributed by atoms with Gasteiger partial charge in [-0.15, -0.1) is 0 Å². The molecule has 0 spiro atoms. The number of aryl methyl sites for hydroxylation is 2. The molecule has 0 saturated carbocycles. The minimum Gasteiger partial charge on any atom is -0.489 e. The first-order chi connectivity index (χ1) is 20.1. The van der Waals surface area contributed by atoms with Crippen molar-refractivity contribution in [1.29, 1.82) is 0 Å². The first-order valence-corrected chi connectivity index (χ1v) is 14.0. The van der Waals surface area contributed by atoms with Crippen LogP contribution in [-0.4, -0.2) is 50.5 Å². The highest BCUT2D eigenvalue weighted by atomic mass is 19.4. The maximum atomic E-state index is 13.7. The van der Waals surface area contributed by atoms with Crippen LogP contribution in [0.1, 0.15) is 73.8 Å². The molecule has 1 aliphatic heterocycles. The molecule has 0 amide bonds. The number of ether oxygens (including phenoxy) is 4. The molecule has 236 valence electrons. The van der Waals surface area contributed by atoms with Gasteiger partial charge in [0.2, 0.25) is 0 Å². The SMILES string of the molecule is CCC(CC)(c1ccc(C#CC(OCOC)(C(F)(F)F)C(F)(F)F)c(C)c1)c1ccc(OCC2CCCC(=O)O2)c(C)c1. The Morgan fingerprint density at radius 2 is 1.53 bits per heavy atom. The summed E-state index contributed by atoms with van der Waals surface area (Å²) in [7, 11) is 0.916. The van der Waals surface area contributed by atoms with E-state index in [0.717, 1.165) is 36.6 Å². The van der Waals surface area contributed by atoms with Crippen LogP contribution < -0.4 is 4.74 Å². The third kappa shape index (κ3) is 7.29. The fourth-order valence-electron chi connectivity index (χ4n) is 5.33. The Bertz CT molecular complexity index is 1320. The number of hydrogen-bond acceptors (Lipinski definition) is 5. The van der Waals surface area contributed by atoms with Gasteiger partial charge in [-0.25, -0.2) is 0 Å². The number of benzene rings is 2. The predicted octanol–water partition coefficient (Wildman–Crippen LogP) is 7.72. The number of carbonyl (C=O) groups is 1. The summed E-state index contributed by atoms with van der Waals surface area (Å²) in [4.78, 5) is 11.6. The van der Waals surface area contributed by atoms with Crippen LogP contribution in [0, 0.1) is 25.7 Å². The summed E-state index contributed by atoms with van der Waals surface area (Å²) in [5.41, 5.74) is -2.09. The fourth-order valence-corrected chi connectivity index (χ4v) is 5.33. The van der Waals surface area contributed by atoms with Gasteiger partial charge in [-0.2, -0.15) is 26.3 Å². The number of carbonyl (C=O) groups excluding carboxylic acids is 1. The number of rotatable bonds is 10. The van der Waals surface area contributed by atoms with Gasteiger partial charge in [-0.1, -0.05) is 44.0 Å². The molecule has 0 N–H and O–H groups in total. The summed E-state index contributed by atoms with van der Waals surface area (Å²) in [5, 5.41) is 0. The monoisotopic (exact) mass is 614 g/mol. The topological polar surface area (TPSA) is 54.0 Å². The van der Waals surface area contributed by atoms with Crippen LogP contribution in [0.3, 0.4) is 0 Å². The molecule has 1 saturated heterocycles. The van der Waals surface area contributed by atoms with Crippen molar-refractivity contribution in [3.05, 3.63) is 64.2 Å². The molecule has 1 aliphatic rings. The van der Waals surface area contributed by atoms with E-state index in [1.165, 1.54) is 12.0 Å². The summed E-state index contributed by atoms with van der Waals surface area (Å²) in [6, 6.07) is 10.7. The third-order valence-corrected chi connectivity index (χ3v) is 7.91. The van der Waals surface area contributed by atoms with E-state index in [4.69, 9.17) is 9.47 Å². The van der Waals surface area contributed by atoms with Gasteiger partial charge in [0.25, 0.3) is 0 Å². The van der Waals surface area contributed by atoms with E-state index < -0.39 is 30.2 Å². The van der Waals surface area contributed by atoms with Crippen molar-refractivity contribution in [1.82, 2.24) is 0 Å². The summed E-state index contributed by atoms with van der Waals surface area (Å²) < 4.78 is 102. The highest BCUT2D eigenvalue weighted by Crippen LogP contribution is 2.46. The molecule has 11 heteroatoms. The zero-order chi connectivity index (χ0) is 32.1. The van der Waals surface area contributed by atoms with Crippen molar-refractivity contribution < 1.29 is 50.1 Å². The molecule has 0 radical (unpaired) electrons. The average molecular weight is 615 g/mol. The Morgan fingerprint density at radius 1 is 0.930 bits per heavy atom. The van der Waals surface area contributed by atoms with Crippen molar-refractivity contribution in [3.63, 3.8) is 0 Å². The predicted molar refractivity (Wildman–Crippen MR) is 148 cm³/mol. The van der Waals surface area contributed by atoms with Gasteiger partial charge >= 0.3 is 23.9 Å². The van der Waals surface area contributed by atoms with Gasteiger partial charge in [-0.05, 0) is 79.8 Å². The van der Waals surface area contributed by atoms with Gasteiger partial charge < -0.3 is 18.9 Å². The molecule has 3 rings (SSSR count). The van der Waals surface area contributed by atoms with E-state index in [0.29, 0.717) is 30.6 Å². The summed E-state index contributed by atoms with van der Waals surface area (Å²) >= 11 is 0. The van der Waals surface area contributed by atoms with Crippen molar-refractivity contribution in [2.45, 2.75) is 89.3 Å². The molecule has 2 aromatic rings. The Labute approximate surface area is 247 Å². The van der Waals surface area contributed by atoms with Crippen LogP contribution in [0.5, 0.6) is 5.75 Å². The molecule has 5 nitrogen and oxygen atoms in total. The first-order valence-electron chi connectivity index (χ1n) is 14.0. The zero-order valence-electron chi connectivity index (χ0n) is 24.8. The number of halogens is 6. The molecular formula is C32H36F6O5. The van der Waals surface area contributed by atoms with E-state index in [1.807, 2.05) is 39.0 Å². The fraction of sp³-hybridized carbons (Fsp3) is 0.531. The average Bonchev–Trinajstić information content (AvgIpc) is 2.93. The first kappa shape index (κ1) is 34.3. The van der Waals surface area contributed by atoms with Gasteiger partial charge in [-0.3, -0.25) is 4.79 Å². The summed E-state index contributed by atoms with van der Waals surface area (Å²) in [6.07, 6.45) is -8.76. The number of esters is 1. The Kier molecular flexibility index (Phi) is 10.8. The molecule has 1 atom stereocenters. The Morgan fingerprint density at radius 3 is 2.05 bits per heavy atom. The van der Waals surface area contributed by atoms with E-state index in [-0.39, 0.29) is 24.2 Å². The van der Waals surface area contributed by atoms with Gasteiger partial charge in [0.15, 0.2) is 0 Å². The number of cyclic esters (lactones) is 1. The highest BCUT2D eigenvalue weighted by molar-refractivity contribution is 5.70. The van der Waals surface area contributed by atoms with E-state index in [1.54, 1.807) is 19.1 Å². The van der Waals surface area contributed by atoms with Gasteiger partial charge in [0.05, 0.1) is 0 Å². The minimum absolute atomic E-state index is 0.00656. The van der Waals surface area contributed by atoms with Crippen LogP contribution >= 0.6 is 0 Å². The largest absolute Gasteiger partial charge is 0.489 e. The lowest BCUT2D eigenvalue weighted by Gasteiger charge is -2.34. The Balaban J connectivity index is 1.94. The quantitative estimate of drug-likeness (QED) is 0.119. The van der Waals surface area contributed by atoms with Crippen LogP contribution in [0.15, 0.2) is 36.4 Å². The number of hydrogen-bond donors (Lipinski definition) is 0. The maximum absolute atomic E-state index is 13.7. The second kappa shape index (κ2) is 13.6. The summed E-state index contributed by atoms with van der Waals surface area (Å²) in [6.45, 7) is 6.52. The summed E-state index contributed by atoms with van der Waals surface area (Å²) in [5.74, 6) is 3.83. The molecule has 2 aromatic carbocycles.